The number of benzene rings is 1. The van der Waals surface area contributed by atoms with E-state index in [-0.39, 0.29) is 17.6 Å². The highest BCUT2D eigenvalue weighted by atomic mass is 16.5. The van der Waals surface area contributed by atoms with Gasteiger partial charge in [-0.25, -0.2) is 14.8 Å². The van der Waals surface area contributed by atoms with E-state index in [9.17, 15) is 14.4 Å². The van der Waals surface area contributed by atoms with Gasteiger partial charge in [0.25, 0.3) is 5.56 Å². The number of aryl methyl sites for hydroxylation is 1. The summed E-state index contributed by atoms with van der Waals surface area (Å²) in [6, 6.07) is 12.4. The largest absolute Gasteiger partial charge is 0.497 e. The van der Waals surface area contributed by atoms with Gasteiger partial charge < -0.3 is 10.1 Å². The third kappa shape index (κ3) is 4.10. The second kappa shape index (κ2) is 8.80. The maximum absolute atomic E-state index is 12.9. The molecule has 4 aromatic rings. The molecule has 1 N–H and O–H groups in total. The van der Waals surface area contributed by atoms with Gasteiger partial charge in [-0.15, -0.1) is 0 Å². The van der Waals surface area contributed by atoms with Crippen LogP contribution in [0.3, 0.4) is 0 Å². The second-order valence-corrected chi connectivity index (χ2v) is 6.99. The molecule has 10 heteroatoms. The van der Waals surface area contributed by atoms with Crippen LogP contribution in [-0.4, -0.2) is 37.1 Å². The number of aromatic nitrogens is 5. The summed E-state index contributed by atoms with van der Waals surface area (Å²) >= 11 is 0. The molecule has 0 aliphatic rings. The molecular formula is C22H20N6O4. The van der Waals surface area contributed by atoms with Crippen molar-refractivity contribution in [3.8, 4) is 17.1 Å². The van der Waals surface area contributed by atoms with E-state index in [2.05, 4.69) is 20.3 Å². The number of amides is 1. The van der Waals surface area contributed by atoms with Crippen LogP contribution in [0.25, 0.3) is 22.4 Å². The molecule has 3 heterocycles. The Bertz CT molecular complexity index is 1390. The van der Waals surface area contributed by atoms with E-state index in [1.54, 1.807) is 55.8 Å². The smallest absolute Gasteiger partial charge is 0.332 e. The van der Waals surface area contributed by atoms with E-state index in [0.29, 0.717) is 22.8 Å². The highest BCUT2D eigenvalue weighted by Gasteiger charge is 2.16. The van der Waals surface area contributed by atoms with Gasteiger partial charge in [0.2, 0.25) is 5.91 Å². The van der Waals surface area contributed by atoms with Gasteiger partial charge in [-0.3, -0.25) is 23.7 Å². The zero-order chi connectivity index (χ0) is 22.7. The molecule has 0 spiro atoms. The van der Waals surface area contributed by atoms with Crippen molar-refractivity contribution in [2.24, 2.45) is 7.05 Å². The molecule has 0 unspecified atom stereocenters. The number of ether oxygens (including phenoxy) is 1. The van der Waals surface area contributed by atoms with Gasteiger partial charge in [0.1, 0.15) is 17.7 Å². The van der Waals surface area contributed by atoms with Crippen molar-refractivity contribution < 1.29 is 9.53 Å². The highest BCUT2D eigenvalue weighted by Crippen LogP contribution is 2.20. The summed E-state index contributed by atoms with van der Waals surface area (Å²) in [5.74, 6) is 0.566. The van der Waals surface area contributed by atoms with Crippen molar-refractivity contribution in [3.63, 3.8) is 0 Å². The third-order valence-electron chi connectivity index (χ3n) is 4.92. The minimum Gasteiger partial charge on any atom is -0.497 e. The second-order valence-electron chi connectivity index (χ2n) is 6.99. The van der Waals surface area contributed by atoms with E-state index >= 15 is 0 Å². The summed E-state index contributed by atoms with van der Waals surface area (Å²) in [6.45, 7) is -0.231. The Hall–Kier alpha value is -4.34. The zero-order valence-corrected chi connectivity index (χ0v) is 17.5. The Balaban J connectivity index is 1.64. The average Bonchev–Trinajstić information content (AvgIpc) is 2.84. The van der Waals surface area contributed by atoms with Gasteiger partial charge in [0.15, 0.2) is 11.5 Å². The Labute approximate surface area is 182 Å². The summed E-state index contributed by atoms with van der Waals surface area (Å²) in [6.07, 6.45) is 2.98. The summed E-state index contributed by atoms with van der Waals surface area (Å²) < 4.78 is 7.25. The number of carbonyl (C=O) groups excluding carboxylic acids is 1. The molecular weight excluding hydrogens is 412 g/mol. The van der Waals surface area contributed by atoms with Crippen LogP contribution in [0.15, 0.2) is 64.4 Å². The number of rotatable bonds is 6. The van der Waals surface area contributed by atoms with Crippen molar-refractivity contribution in [3.05, 3.63) is 81.4 Å². The van der Waals surface area contributed by atoms with Crippen molar-refractivity contribution >= 4 is 16.9 Å². The molecule has 0 bridgehead atoms. The molecule has 0 radical (unpaired) electrons. The molecule has 4 rings (SSSR count). The topological polar surface area (TPSA) is 121 Å². The summed E-state index contributed by atoms with van der Waals surface area (Å²) in [7, 11) is 3.07. The summed E-state index contributed by atoms with van der Waals surface area (Å²) in [5, 5.41) is 2.80. The molecule has 0 fully saturated rings. The maximum atomic E-state index is 12.9. The number of nitrogens with zero attached hydrogens (tertiary/aromatic N) is 5. The molecule has 0 saturated heterocycles. The fourth-order valence-electron chi connectivity index (χ4n) is 3.19. The quantitative estimate of drug-likeness (QED) is 0.480. The number of hydrogen-bond donors (Lipinski definition) is 1. The minimum atomic E-state index is -0.644. The number of hydrogen-bond acceptors (Lipinski definition) is 7. The number of methoxy groups -OCH3 is 1. The van der Waals surface area contributed by atoms with Crippen molar-refractivity contribution in [1.82, 2.24) is 29.4 Å². The normalized spacial score (nSPS) is 10.8. The number of nitrogens with one attached hydrogen (secondary N) is 1. The van der Waals surface area contributed by atoms with Gasteiger partial charge >= 0.3 is 5.69 Å². The fourth-order valence-corrected chi connectivity index (χ4v) is 3.19. The van der Waals surface area contributed by atoms with Crippen molar-refractivity contribution in [2.75, 3.05) is 7.11 Å². The van der Waals surface area contributed by atoms with Crippen molar-refractivity contribution in [2.45, 2.75) is 13.1 Å². The first-order valence-electron chi connectivity index (χ1n) is 9.75. The predicted octanol–water partition coefficient (Wildman–Crippen LogP) is 0.877. The standard InChI is InChI=1S/C22H20N6O4/c1-27-20-17(12-25-19(26-20)14-6-8-16(32-2)9-7-14)21(30)28(22(27)31)13-18(29)24-11-15-5-3-4-10-23-15/h3-10,12H,11,13H2,1-2H3,(H,24,29). The molecule has 0 atom stereocenters. The Morgan fingerprint density at radius 3 is 2.56 bits per heavy atom. The molecule has 1 aromatic carbocycles. The van der Waals surface area contributed by atoms with Crippen LogP contribution in [-0.2, 0) is 24.9 Å². The first-order chi connectivity index (χ1) is 15.5. The van der Waals surface area contributed by atoms with Crippen LogP contribution >= 0.6 is 0 Å². The Morgan fingerprint density at radius 2 is 1.88 bits per heavy atom. The predicted molar refractivity (Wildman–Crippen MR) is 117 cm³/mol. The van der Waals surface area contributed by atoms with Gasteiger partial charge in [-0.2, -0.15) is 0 Å². The van der Waals surface area contributed by atoms with Crippen LogP contribution < -0.4 is 21.3 Å². The van der Waals surface area contributed by atoms with Crippen LogP contribution in [0, 0.1) is 0 Å². The van der Waals surface area contributed by atoms with Crippen LogP contribution in [0.5, 0.6) is 5.75 Å². The molecule has 32 heavy (non-hydrogen) atoms. The van der Waals surface area contributed by atoms with Gasteiger partial charge in [0.05, 0.1) is 19.3 Å². The van der Waals surface area contributed by atoms with E-state index in [1.165, 1.54) is 17.8 Å². The molecule has 1 amide bonds. The lowest BCUT2D eigenvalue weighted by molar-refractivity contribution is -0.121. The first-order valence-corrected chi connectivity index (χ1v) is 9.75. The fraction of sp³-hybridized carbons (Fsp3) is 0.182. The lowest BCUT2D eigenvalue weighted by atomic mass is 10.2. The molecule has 162 valence electrons. The van der Waals surface area contributed by atoms with E-state index in [0.717, 1.165) is 4.57 Å². The van der Waals surface area contributed by atoms with Crippen molar-refractivity contribution in [1.29, 1.82) is 0 Å². The molecule has 0 aliphatic heterocycles. The van der Waals surface area contributed by atoms with Gasteiger partial charge in [-0.05, 0) is 36.4 Å². The van der Waals surface area contributed by atoms with Crippen LogP contribution in [0.2, 0.25) is 0 Å². The van der Waals surface area contributed by atoms with Gasteiger partial charge in [-0.1, -0.05) is 6.07 Å². The maximum Gasteiger partial charge on any atom is 0.332 e. The lowest BCUT2D eigenvalue weighted by Gasteiger charge is -2.11. The summed E-state index contributed by atoms with van der Waals surface area (Å²) in [5.41, 5.74) is 0.287. The number of fused-ring (bicyclic) bond motifs is 1. The van der Waals surface area contributed by atoms with Crippen LogP contribution in [0.1, 0.15) is 5.69 Å². The van der Waals surface area contributed by atoms with E-state index in [1.807, 2.05) is 0 Å². The molecule has 0 saturated carbocycles. The number of carbonyl (C=O) groups is 1. The molecule has 0 aliphatic carbocycles. The Kier molecular flexibility index (Phi) is 5.75. The van der Waals surface area contributed by atoms with Crippen LogP contribution in [0.4, 0.5) is 0 Å². The molecule has 10 nitrogen and oxygen atoms in total. The SMILES string of the molecule is COc1ccc(-c2ncc3c(=O)n(CC(=O)NCc4ccccn4)c(=O)n(C)c3n2)cc1. The first kappa shape index (κ1) is 20.9. The minimum absolute atomic E-state index is 0.141. The lowest BCUT2D eigenvalue weighted by Crippen LogP contribution is -2.43. The third-order valence-corrected chi connectivity index (χ3v) is 4.92. The monoisotopic (exact) mass is 432 g/mol. The molecule has 3 aromatic heterocycles. The number of pyridine rings is 1. The van der Waals surface area contributed by atoms with Gasteiger partial charge in [0, 0.05) is 25.0 Å². The van der Waals surface area contributed by atoms with E-state index in [4.69, 9.17) is 4.74 Å². The Morgan fingerprint density at radius 1 is 1.09 bits per heavy atom. The van der Waals surface area contributed by atoms with E-state index < -0.39 is 23.7 Å². The average molecular weight is 432 g/mol. The highest BCUT2D eigenvalue weighted by molar-refractivity contribution is 5.78. The zero-order valence-electron chi connectivity index (χ0n) is 17.5. The summed E-state index contributed by atoms with van der Waals surface area (Å²) in [4.78, 5) is 50.8.